The molecule has 2 heterocycles. The summed E-state index contributed by atoms with van der Waals surface area (Å²) in [6.07, 6.45) is 4.15. The van der Waals surface area contributed by atoms with Crippen LogP contribution in [0.25, 0.3) is 0 Å². The Morgan fingerprint density at radius 1 is 1.23 bits per heavy atom. The standard InChI is InChI=1S/C17H18N2O3/c1-2-13-11-18-6-5-14(13)17(20)19-10-12-3-4-15-16(9-12)22-8-7-21-15/h3-6,9,11H,2,7-8,10H2,1H3,(H,19,20). The number of benzene rings is 1. The van der Waals surface area contributed by atoms with Gasteiger partial charge in [-0.2, -0.15) is 0 Å². The van der Waals surface area contributed by atoms with Crippen LogP contribution in [0.4, 0.5) is 0 Å². The third kappa shape index (κ3) is 3.03. The van der Waals surface area contributed by atoms with E-state index in [0.717, 1.165) is 29.0 Å². The van der Waals surface area contributed by atoms with E-state index in [2.05, 4.69) is 10.3 Å². The molecule has 1 amide bonds. The third-order valence-electron chi connectivity index (χ3n) is 3.59. The van der Waals surface area contributed by atoms with Crippen LogP contribution in [0.1, 0.15) is 28.4 Å². The van der Waals surface area contributed by atoms with E-state index in [1.807, 2.05) is 25.1 Å². The zero-order valence-electron chi connectivity index (χ0n) is 12.5. The molecule has 2 aromatic rings. The Balaban J connectivity index is 1.68. The molecule has 0 fully saturated rings. The number of rotatable bonds is 4. The van der Waals surface area contributed by atoms with Crippen molar-refractivity contribution in [3.8, 4) is 11.5 Å². The van der Waals surface area contributed by atoms with E-state index in [4.69, 9.17) is 9.47 Å². The number of ether oxygens (including phenoxy) is 2. The SMILES string of the molecule is CCc1cnccc1C(=O)NCc1ccc2c(c1)OCCO2. The predicted molar refractivity (Wildman–Crippen MR) is 82.2 cm³/mol. The minimum absolute atomic E-state index is 0.0888. The van der Waals surface area contributed by atoms with Gasteiger partial charge in [-0.05, 0) is 35.7 Å². The fraction of sp³-hybridized carbons (Fsp3) is 0.294. The largest absolute Gasteiger partial charge is 0.486 e. The van der Waals surface area contributed by atoms with E-state index in [1.54, 1.807) is 18.5 Å². The predicted octanol–water partition coefficient (Wildman–Crippen LogP) is 2.35. The minimum Gasteiger partial charge on any atom is -0.486 e. The average molecular weight is 298 g/mol. The minimum atomic E-state index is -0.0888. The van der Waals surface area contributed by atoms with Crippen LogP contribution in [0.5, 0.6) is 11.5 Å². The Morgan fingerprint density at radius 3 is 2.86 bits per heavy atom. The molecule has 1 aliphatic rings. The van der Waals surface area contributed by atoms with Crippen molar-refractivity contribution in [3.05, 3.63) is 53.3 Å². The van der Waals surface area contributed by atoms with Crippen molar-refractivity contribution in [2.24, 2.45) is 0 Å². The highest BCUT2D eigenvalue weighted by Gasteiger charge is 2.13. The van der Waals surface area contributed by atoms with E-state index < -0.39 is 0 Å². The second-order valence-electron chi connectivity index (χ2n) is 5.05. The van der Waals surface area contributed by atoms with Gasteiger partial charge in [-0.15, -0.1) is 0 Å². The molecular formula is C17H18N2O3. The first kappa shape index (κ1) is 14.4. The molecule has 0 radical (unpaired) electrons. The molecule has 0 aliphatic carbocycles. The Kier molecular flexibility index (Phi) is 4.23. The topological polar surface area (TPSA) is 60.5 Å². The van der Waals surface area contributed by atoms with Crippen molar-refractivity contribution >= 4 is 5.91 Å². The molecule has 22 heavy (non-hydrogen) atoms. The number of nitrogens with one attached hydrogen (secondary N) is 1. The monoisotopic (exact) mass is 298 g/mol. The first-order valence-corrected chi connectivity index (χ1v) is 7.37. The summed E-state index contributed by atoms with van der Waals surface area (Å²) in [4.78, 5) is 16.3. The summed E-state index contributed by atoms with van der Waals surface area (Å²) in [5.41, 5.74) is 2.60. The second kappa shape index (κ2) is 6.47. The molecule has 5 heteroatoms. The van der Waals surface area contributed by atoms with Crippen molar-refractivity contribution in [1.29, 1.82) is 0 Å². The Labute approximate surface area is 129 Å². The number of amides is 1. The molecular weight excluding hydrogens is 280 g/mol. The van der Waals surface area contributed by atoms with Crippen LogP contribution < -0.4 is 14.8 Å². The molecule has 0 saturated heterocycles. The summed E-state index contributed by atoms with van der Waals surface area (Å²) in [6, 6.07) is 7.46. The number of hydrogen-bond donors (Lipinski definition) is 1. The molecule has 0 spiro atoms. The Bertz CT molecular complexity index is 685. The lowest BCUT2D eigenvalue weighted by molar-refractivity contribution is 0.0949. The molecule has 0 unspecified atom stereocenters. The highest BCUT2D eigenvalue weighted by molar-refractivity contribution is 5.95. The van der Waals surface area contributed by atoms with Crippen LogP contribution in [-0.4, -0.2) is 24.1 Å². The van der Waals surface area contributed by atoms with Crippen LogP contribution in [0, 0.1) is 0 Å². The van der Waals surface area contributed by atoms with Gasteiger partial charge in [-0.1, -0.05) is 13.0 Å². The van der Waals surface area contributed by atoms with Crippen molar-refractivity contribution < 1.29 is 14.3 Å². The van der Waals surface area contributed by atoms with Crippen molar-refractivity contribution in [2.75, 3.05) is 13.2 Å². The lowest BCUT2D eigenvalue weighted by atomic mass is 10.1. The number of pyridine rings is 1. The molecule has 3 rings (SSSR count). The van der Waals surface area contributed by atoms with Crippen molar-refractivity contribution in [2.45, 2.75) is 19.9 Å². The molecule has 0 bridgehead atoms. The maximum atomic E-state index is 12.3. The Morgan fingerprint density at radius 2 is 2.05 bits per heavy atom. The maximum absolute atomic E-state index is 12.3. The lowest BCUT2D eigenvalue weighted by Gasteiger charge is -2.19. The van der Waals surface area contributed by atoms with Crippen LogP contribution >= 0.6 is 0 Å². The summed E-state index contributed by atoms with van der Waals surface area (Å²) in [5, 5.41) is 2.93. The fourth-order valence-electron chi connectivity index (χ4n) is 2.41. The number of aromatic nitrogens is 1. The van der Waals surface area contributed by atoms with Crippen LogP contribution in [0.2, 0.25) is 0 Å². The average Bonchev–Trinajstić information content (AvgIpc) is 2.59. The van der Waals surface area contributed by atoms with E-state index in [0.29, 0.717) is 25.3 Å². The van der Waals surface area contributed by atoms with E-state index in [9.17, 15) is 4.79 Å². The zero-order valence-corrected chi connectivity index (χ0v) is 12.5. The smallest absolute Gasteiger partial charge is 0.251 e. The van der Waals surface area contributed by atoms with Gasteiger partial charge in [0.05, 0.1) is 0 Å². The van der Waals surface area contributed by atoms with Crippen molar-refractivity contribution in [3.63, 3.8) is 0 Å². The van der Waals surface area contributed by atoms with Gasteiger partial charge in [0, 0.05) is 24.5 Å². The van der Waals surface area contributed by atoms with Gasteiger partial charge in [-0.3, -0.25) is 9.78 Å². The molecule has 1 aliphatic heterocycles. The van der Waals surface area contributed by atoms with Crippen LogP contribution in [-0.2, 0) is 13.0 Å². The summed E-state index contributed by atoms with van der Waals surface area (Å²) in [6.45, 7) is 3.58. The molecule has 114 valence electrons. The van der Waals surface area contributed by atoms with Gasteiger partial charge in [0.2, 0.25) is 0 Å². The second-order valence-corrected chi connectivity index (χ2v) is 5.05. The fourth-order valence-corrected chi connectivity index (χ4v) is 2.41. The quantitative estimate of drug-likeness (QED) is 0.941. The van der Waals surface area contributed by atoms with Gasteiger partial charge in [-0.25, -0.2) is 0 Å². The lowest BCUT2D eigenvalue weighted by Crippen LogP contribution is -2.24. The summed E-state index contributed by atoms with van der Waals surface area (Å²) >= 11 is 0. The molecule has 5 nitrogen and oxygen atoms in total. The van der Waals surface area contributed by atoms with Crippen LogP contribution in [0.3, 0.4) is 0 Å². The summed E-state index contributed by atoms with van der Waals surface area (Å²) in [5.74, 6) is 1.40. The normalized spacial score (nSPS) is 12.8. The molecule has 1 aromatic carbocycles. The molecule has 0 saturated carbocycles. The third-order valence-corrected chi connectivity index (χ3v) is 3.59. The van der Waals surface area contributed by atoms with E-state index >= 15 is 0 Å². The number of carbonyl (C=O) groups is 1. The first-order valence-electron chi connectivity index (χ1n) is 7.37. The van der Waals surface area contributed by atoms with E-state index in [1.165, 1.54) is 0 Å². The van der Waals surface area contributed by atoms with Gasteiger partial charge in [0.1, 0.15) is 13.2 Å². The molecule has 1 aromatic heterocycles. The zero-order chi connectivity index (χ0) is 15.4. The van der Waals surface area contributed by atoms with Gasteiger partial charge in [0.25, 0.3) is 5.91 Å². The number of fused-ring (bicyclic) bond motifs is 1. The number of aryl methyl sites for hydroxylation is 1. The van der Waals surface area contributed by atoms with E-state index in [-0.39, 0.29) is 5.91 Å². The summed E-state index contributed by atoms with van der Waals surface area (Å²) < 4.78 is 11.0. The molecule has 0 atom stereocenters. The van der Waals surface area contributed by atoms with Gasteiger partial charge in [0.15, 0.2) is 11.5 Å². The van der Waals surface area contributed by atoms with Gasteiger partial charge < -0.3 is 14.8 Å². The number of carbonyl (C=O) groups excluding carboxylic acids is 1. The highest BCUT2D eigenvalue weighted by Crippen LogP contribution is 2.30. The number of hydrogen-bond acceptors (Lipinski definition) is 4. The highest BCUT2D eigenvalue weighted by atomic mass is 16.6. The van der Waals surface area contributed by atoms with Crippen molar-refractivity contribution in [1.82, 2.24) is 10.3 Å². The number of nitrogens with zero attached hydrogens (tertiary/aromatic N) is 1. The van der Waals surface area contributed by atoms with Crippen LogP contribution in [0.15, 0.2) is 36.7 Å². The maximum Gasteiger partial charge on any atom is 0.251 e. The molecule has 1 N–H and O–H groups in total. The summed E-state index contributed by atoms with van der Waals surface area (Å²) in [7, 11) is 0. The van der Waals surface area contributed by atoms with Gasteiger partial charge >= 0.3 is 0 Å². The first-order chi connectivity index (χ1) is 10.8. The Hall–Kier alpha value is -2.56.